The summed E-state index contributed by atoms with van der Waals surface area (Å²) in [5.74, 6) is -2.26. The first-order valence-electron chi connectivity index (χ1n) is 41.4. The van der Waals surface area contributed by atoms with Crippen molar-refractivity contribution in [1.82, 2.24) is 0 Å². The molecule has 0 saturated heterocycles. The van der Waals surface area contributed by atoms with Crippen molar-refractivity contribution >= 4 is 17.9 Å². The number of quaternary nitrogens is 1. The fourth-order valence-electron chi connectivity index (χ4n) is 12.1. The average molecular weight is 1360 g/mol. The molecule has 562 valence electrons. The highest BCUT2D eigenvalue weighted by Gasteiger charge is 2.22. The summed E-state index contributed by atoms with van der Waals surface area (Å²) >= 11 is 0. The lowest BCUT2D eigenvalue weighted by atomic mass is 10.0. The first kappa shape index (κ1) is 93.2. The minimum absolute atomic E-state index is 0.147. The fourth-order valence-corrected chi connectivity index (χ4v) is 12.1. The summed E-state index contributed by atoms with van der Waals surface area (Å²) in [6.07, 6.45) is 105. The molecule has 0 saturated carbocycles. The van der Waals surface area contributed by atoms with E-state index in [4.69, 9.17) is 18.9 Å². The number of rotatable bonds is 77. The maximum Gasteiger partial charge on any atom is 0.306 e. The monoisotopic (exact) mass is 1360 g/mol. The molecule has 2 unspecified atom stereocenters. The van der Waals surface area contributed by atoms with Gasteiger partial charge in [0.05, 0.1) is 40.3 Å². The van der Waals surface area contributed by atoms with Gasteiger partial charge in [-0.15, -0.1) is 0 Å². The molecule has 0 aromatic heterocycles. The number of likely N-dealkylation sites (N-methyl/N-ethyl adjacent to an activating group) is 1. The molecule has 97 heavy (non-hydrogen) atoms. The van der Waals surface area contributed by atoms with Crippen LogP contribution in [0.2, 0.25) is 0 Å². The van der Waals surface area contributed by atoms with E-state index in [0.29, 0.717) is 23.9 Å². The van der Waals surface area contributed by atoms with Crippen LogP contribution in [0, 0.1) is 0 Å². The smallest absolute Gasteiger partial charge is 0.306 e. The van der Waals surface area contributed by atoms with E-state index in [1.54, 1.807) is 0 Å². The molecule has 0 heterocycles. The maximum atomic E-state index is 13.0. The van der Waals surface area contributed by atoms with Gasteiger partial charge < -0.3 is 33.3 Å². The predicted molar refractivity (Wildman–Crippen MR) is 417 cm³/mol. The van der Waals surface area contributed by atoms with E-state index in [1.807, 2.05) is 21.1 Å². The van der Waals surface area contributed by atoms with Gasteiger partial charge in [-0.25, -0.2) is 0 Å². The Morgan fingerprint density at radius 2 is 0.588 bits per heavy atom. The van der Waals surface area contributed by atoms with Gasteiger partial charge in [0.15, 0.2) is 12.4 Å². The van der Waals surface area contributed by atoms with Crippen molar-refractivity contribution < 1.29 is 42.9 Å². The van der Waals surface area contributed by atoms with E-state index in [-0.39, 0.29) is 32.2 Å². The number of hydrogen-bond donors (Lipinski definition) is 0. The van der Waals surface area contributed by atoms with E-state index in [1.165, 1.54) is 263 Å². The zero-order valence-electron chi connectivity index (χ0n) is 64.4. The van der Waals surface area contributed by atoms with Crippen LogP contribution < -0.4 is 5.11 Å². The molecule has 0 rings (SSSR count). The molecule has 0 aromatic rings. The third-order valence-electron chi connectivity index (χ3n) is 18.3. The van der Waals surface area contributed by atoms with Gasteiger partial charge in [-0.3, -0.25) is 9.59 Å². The van der Waals surface area contributed by atoms with E-state index in [9.17, 15) is 19.5 Å². The Hall–Kier alpha value is -3.79. The van der Waals surface area contributed by atoms with Crippen LogP contribution in [0.4, 0.5) is 0 Å². The highest BCUT2D eigenvalue weighted by Crippen LogP contribution is 2.20. The molecule has 9 nitrogen and oxygen atoms in total. The van der Waals surface area contributed by atoms with Crippen LogP contribution in [0.15, 0.2) is 97.2 Å². The summed E-state index contributed by atoms with van der Waals surface area (Å²) in [5, 5.41) is 11.9. The number of carboxylic acids is 1. The Morgan fingerprint density at radius 3 is 0.876 bits per heavy atom. The molecule has 0 aliphatic rings. The molecule has 0 aliphatic carbocycles. The van der Waals surface area contributed by atoms with Crippen molar-refractivity contribution in [3.8, 4) is 0 Å². The molecule has 2 atom stereocenters. The van der Waals surface area contributed by atoms with Gasteiger partial charge in [-0.2, -0.15) is 0 Å². The Kier molecular flexibility index (Phi) is 74.9. The first-order chi connectivity index (χ1) is 47.6. The largest absolute Gasteiger partial charge is 0.545 e. The number of allylic oxidation sites excluding steroid dienone is 16. The number of esters is 2. The third kappa shape index (κ3) is 79.4. The molecule has 0 amide bonds. The van der Waals surface area contributed by atoms with Crippen molar-refractivity contribution in [3.05, 3.63) is 97.2 Å². The number of unbranched alkanes of at least 4 members (excludes halogenated alkanes) is 46. The van der Waals surface area contributed by atoms with E-state index < -0.39 is 24.3 Å². The van der Waals surface area contributed by atoms with E-state index in [2.05, 4.69) is 111 Å². The van der Waals surface area contributed by atoms with Crippen molar-refractivity contribution in [2.45, 2.75) is 399 Å². The highest BCUT2D eigenvalue weighted by atomic mass is 16.7. The minimum Gasteiger partial charge on any atom is -0.545 e. The van der Waals surface area contributed by atoms with Crippen molar-refractivity contribution in [1.29, 1.82) is 0 Å². The zero-order chi connectivity index (χ0) is 70.4. The van der Waals surface area contributed by atoms with Gasteiger partial charge in [-0.1, -0.05) is 394 Å². The molecule has 0 aliphatic heterocycles. The van der Waals surface area contributed by atoms with Crippen LogP contribution in [0.5, 0.6) is 0 Å². The number of carboxylic acid groups (broad SMARTS) is 1. The number of aliphatic carboxylic acids is 1. The molecule has 9 heteroatoms. The predicted octanol–water partition coefficient (Wildman–Crippen LogP) is 25.4. The van der Waals surface area contributed by atoms with Crippen LogP contribution in [0.1, 0.15) is 386 Å². The average Bonchev–Trinajstić information content (AvgIpc) is 2.39. The summed E-state index contributed by atoms with van der Waals surface area (Å²) < 4.78 is 22.9. The van der Waals surface area contributed by atoms with Crippen LogP contribution in [-0.2, 0) is 33.3 Å². The minimum atomic E-state index is -1.62. The lowest BCUT2D eigenvalue weighted by Crippen LogP contribution is -2.44. The summed E-state index contributed by atoms with van der Waals surface area (Å²) in [5.41, 5.74) is 0. The Morgan fingerprint density at radius 1 is 0.320 bits per heavy atom. The fraction of sp³-hybridized carbons (Fsp3) is 0.784. The van der Waals surface area contributed by atoms with Crippen molar-refractivity contribution in [2.24, 2.45) is 0 Å². The second-order valence-electron chi connectivity index (χ2n) is 29.0. The lowest BCUT2D eigenvalue weighted by molar-refractivity contribution is -0.870. The Balaban J connectivity index is 4.01. The molecular formula is C88H157NO8. The number of carbonyl (C=O) groups is 3. The summed E-state index contributed by atoms with van der Waals surface area (Å²) in [7, 11) is 5.95. The van der Waals surface area contributed by atoms with E-state index in [0.717, 1.165) is 89.9 Å². The molecule has 0 bridgehead atoms. The molecule has 0 spiro atoms. The Bertz CT molecular complexity index is 1920. The van der Waals surface area contributed by atoms with Crippen LogP contribution >= 0.6 is 0 Å². The van der Waals surface area contributed by atoms with Gasteiger partial charge >= 0.3 is 11.9 Å². The van der Waals surface area contributed by atoms with Crippen molar-refractivity contribution in [3.63, 3.8) is 0 Å². The summed E-state index contributed by atoms with van der Waals surface area (Å²) in [6, 6.07) is 0. The van der Waals surface area contributed by atoms with Crippen LogP contribution in [0.3, 0.4) is 0 Å². The zero-order valence-corrected chi connectivity index (χ0v) is 64.4. The first-order valence-corrected chi connectivity index (χ1v) is 41.4. The standard InChI is InChI=1S/C88H157NO8/c1-6-8-10-12-14-16-18-20-22-24-26-28-30-32-34-36-38-40-41-42-43-44-45-47-49-51-53-55-57-59-61-63-65-67-69-71-73-75-77-79-86(91)97-84(83-96-88(87(92)93)94-81-80-89(3,4)5)82-95-85(90)78-76-74-72-70-68-66-64-62-60-58-56-54-52-50-48-46-39-37-35-33-31-29-27-25-23-21-19-17-15-13-11-9-7-2/h8,10,14,16,20,22,26,28,32,34,38,40,42-43,45,47,84,88H,6-7,9,11-13,15,17-19,21,23-25,27,29-31,33,35-37,39,41,44,46,48-83H2,1-5H3/b10-8-,16-14-,22-20-,28-26-,34-32-,40-38-,43-42-,47-45-. The molecule has 0 N–H and O–H groups in total. The highest BCUT2D eigenvalue weighted by molar-refractivity contribution is 5.70. The Labute approximate surface area is 601 Å². The molecular weight excluding hydrogens is 1200 g/mol. The van der Waals surface area contributed by atoms with Crippen molar-refractivity contribution in [2.75, 3.05) is 47.5 Å². The van der Waals surface area contributed by atoms with Gasteiger partial charge in [-0.05, 0) is 77.0 Å². The quantitative estimate of drug-likeness (QED) is 0.0195. The van der Waals surface area contributed by atoms with E-state index >= 15 is 0 Å². The molecule has 0 fully saturated rings. The van der Waals surface area contributed by atoms with Crippen LogP contribution in [-0.4, -0.2) is 82.3 Å². The summed E-state index contributed by atoms with van der Waals surface area (Å²) in [4.78, 5) is 37.6. The second-order valence-corrected chi connectivity index (χ2v) is 29.0. The van der Waals surface area contributed by atoms with Gasteiger partial charge in [0.2, 0.25) is 0 Å². The SMILES string of the molecule is CC/C=C\C/C=C\C/C=C\C/C=C\C/C=C\C/C=C\C/C=C\C/C=C\CCCCCCCCCCCCCCCCC(=O)OC(COC(=O)CCCCCCCCCCCCCCCCCCCCCCCCCCCCCCCCCCC)COC(OCC[N+](C)(C)C)C(=O)[O-]. The van der Waals surface area contributed by atoms with Gasteiger partial charge in [0.1, 0.15) is 13.2 Å². The van der Waals surface area contributed by atoms with Gasteiger partial charge in [0, 0.05) is 12.8 Å². The maximum absolute atomic E-state index is 13.0. The number of hydrogen-bond acceptors (Lipinski definition) is 8. The number of carbonyl (C=O) groups excluding carboxylic acids is 3. The topological polar surface area (TPSA) is 111 Å². The molecule has 0 aromatic carbocycles. The van der Waals surface area contributed by atoms with Gasteiger partial charge in [0.25, 0.3) is 0 Å². The summed E-state index contributed by atoms with van der Waals surface area (Å²) in [6.45, 7) is 4.69. The number of nitrogens with zero attached hydrogens (tertiary/aromatic N) is 1. The lowest BCUT2D eigenvalue weighted by Gasteiger charge is -2.26. The second kappa shape index (κ2) is 77.9. The third-order valence-corrected chi connectivity index (χ3v) is 18.3. The normalized spacial score (nSPS) is 13.1. The molecule has 0 radical (unpaired) electrons. The van der Waals surface area contributed by atoms with Crippen LogP contribution in [0.25, 0.3) is 0 Å². The number of ether oxygens (including phenoxy) is 4.